The molecule has 0 spiro atoms. The van der Waals surface area contributed by atoms with Gasteiger partial charge in [-0.15, -0.1) is 0 Å². The predicted molar refractivity (Wildman–Crippen MR) is 160 cm³/mol. The Labute approximate surface area is 269 Å². The van der Waals surface area contributed by atoms with Gasteiger partial charge in [0.15, 0.2) is 56.1 Å². The lowest BCUT2D eigenvalue weighted by Gasteiger charge is -2.53. The normalized spacial score (nSPS) is 28.6. The Hall–Kier alpha value is -4.71. The fourth-order valence-electron chi connectivity index (χ4n) is 6.46. The van der Waals surface area contributed by atoms with E-state index >= 15 is 48.1 Å². The third kappa shape index (κ3) is 4.01. The first-order valence-corrected chi connectivity index (χ1v) is 15.3. The van der Waals surface area contributed by atoms with Crippen molar-refractivity contribution in [3.05, 3.63) is 190 Å². The van der Waals surface area contributed by atoms with Gasteiger partial charge in [0.25, 0.3) is 0 Å². The van der Waals surface area contributed by atoms with E-state index in [0.717, 1.165) is 97.1 Å². The molecular weight excluding hydrogens is 670 g/mol. The number of allylic oxidation sites excluding steroid dienone is 6. The monoisotopic (exact) mass is 690 g/mol. The highest BCUT2D eigenvalue weighted by Gasteiger charge is 2.78. The van der Waals surface area contributed by atoms with Crippen molar-refractivity contribution in [1.82, 2.24) is 0 Å². The summed E-state index contributed by atoms with van der Waals surface area (Å²) in [6, 6.07) is 19.8. The lowest BCUT2D eigenvalue weighted by Crippen LogP contribution is -2.63. The van der Waals surface area contributed by atoms with Gasteiger partial charge >= 0.3 is 0 Å². The first kappa shape index (κ1) is 33.2. The second-order valence-corrected chi connectivity index (χ2v) is 12.7. The molecule has 2 aliphatic rings. The quantitative estimate of drug-likeness (QED) is 0.184. The van der Waals surface area contributed by atoms with Gasteiger partial charge in [-0.05, 0) is 22.3 Å². The first-order valence-electron chi connectivity index (χ1n) is 14.1. The molecule has 0 bridgehead atoms. The zero-order valence-electron chi connectivity index (χ0n) is 24.1. The fraction of sp³-hybridized carbons (Fsp3) is 0.111. The summed E-state index contributed by atoms with van der Waals surface area (Å²) < 4.78 is 172. The molecule has 0 radical (unpaired) electrons. The second-order valence-electron chi connectivity index (χ2n) is 10.9. The zero-order chi connectivity index (χ0) is 34.6. The summed E-state index contributed by atoms with van der Waals surface area (Å²) in [6.07, 6.45) is 0. The third-order valence-electron chi connectivity index (χ3n) is 8.61. The molecule has 4 atom stereocenters. The number of halogens is 10. The van der Waals surface area contributed by atoms with Crippen LogP contribution >= 0.6 is 0 Å². The van der Waals surface area contributed by atoms with Crippen molar-refractivity contribution in [3.8, 4) is 0 Å². The molecule has 1 nitrogen and oxygen atoms in total. The van der Waals surface area contributed by atoms with Crippen molar-refractivity contribution in [1.29, 1.82) is 0 Å². The standard InChI is InChI=1S/C36H20F10OS/c37-25-27(39)31(43)35(23-17-9-3-10-18-23,33(45,29(25)41)21-13-5-1-6-14-21)48(47)36(24-19-11-4-12-20-24)32(44)28(40)26(38)30(42)34(36,46)22-15-7-2-8-16-22/h1-20H. The number of rotatable bonds is 6. The predicted octanol–water partition coefficient (Wildman–Crippen LogP) is 10.9. The Kier molecular flexibility index (Phi) is 8.14. The van der Waals surface area contributed by atoms with Gasteiger partial charge < -0.3 is 0 Å². The van der Waals surface area contributed by atoms with Crippen molar-refractivity contribution in [2.45, 2.75) is 20.8 Å². The molecule has 0 saturated heterocycles. The molecule has 4 aromatic rings. The summed E-state index contributed by atoms with van der Waals surface area (Å²) in [4.78, 5) is 0. The molecule has 0 N–H and O–H groups in total. The van der Waals surface area contributed by atoms with E-state index in [2.05, 4.69) is 0 Å². The van der Waals surface area contributed by atoms with Crippen molar-refractivity contribution in [2.75, 3.05) is 0 Å². The van der Waals surface area contributed by atoms with Gasteiger partial charge in [0, 0.05) is 0 Å². The fourth-order valence-corrected chi connectivity index (χ4v) is 9.05. The minimum Gasteiger partial charge on any atom is -0.257 e. The third-order valence-corrected chi connectivity index (χ3v) is 11.1. The molecule has 12 heteroatoms. The van der Waals surface area contributed by atoms with Crippen LogP contribution in [0.1, 0.15) is 22.3 Å². The average Bonchev–Trinajstić information content (AvgIpc) is 3.13. The SMILES string of the molecule is O=S(C1(c2ccccc2)C(F)=C(F)C(F)=C(F)C1(F)c1ccccc1)C1(c2ccccc2)C(F)=C(F)C(F)=C(F)C1(F)c1ccccc1. The molecular formula is C36H20F10OS. The molecule has 0 amide bonds. The van der Waals surface area contributed by atoms with E-state index in [1.54, 1.807) is 0 Å². The highest BCUT2D eigenvalue weighted by Crippen LogP contribution is 2.70. The van der Waals surface area contributed by atoms with Crippen molar-refractivity contribution in [2.24, 2.45) is 0 Å². The van der Waals surface area contributed by atoms with Crippen LogP contribution in [0.2, 0.25) is 0 Å². The number of hydrogen-bond acceptors (Lipinski definition) is 1. The first-order chi connectivity index (χ1) is 22.8. The summed E-state index contributed by atoms with van der Waals surface area (Å²) >= 11 is 0. The molecule has 0 aliphatic heterocycles. The number of alkyl halides is 2. The Balaban J connectivity index is 1.91. The van der Waals surface area contributed by atoms with Gasteiger partial charge in [-0.3, -0.25) is 4.21 Å². The maximum absolute atomic E-state index is 18.3. The van der Waals surface area contributed by atoms with Gasteiger partial charge in [-0.2, -0.15) is 0 Å². The lowest BCUT2D eigenvalue weighted by atomic mass is 9.72. The van der Waals surface area contributed by atoms with E-state index in [1.807, 2.05) is 0 Å². The van der Waals surface area contributed by atoms with Crippen LogP contribution in [0.15, 0.2) is 168 Å². The Morgan fingerprint density at radius 3 is 0.854 bits per heavy atom. The maximum atomic E-state index is 18.3. The second kappa shape index (κ2) is 11.8. The largest absolute Gasteiger partial charge is 0.257 e. The van der Waals surface area contributed by atoms with Crippen LogP contribution in [0.3, 0.4) is 0 Å². The molecule has 2 aliphatic carbocycles. The van der Waals surface area contributed by atoms with Crippen LogP contribution in [0.4, 0.5) is 43.9 Å². The highest BCUT2D eigenvalue weighted by atomic mass is 32.2. The molecule has 246 valence electrons. The number of hydrogen-bond donors (Lipinski definition) is 0. The summed E-state index contributed by atoms with van der Waals surface area (Å²) in [5, 5.41) is 0. The van der Waals surface area contributed by atoms with Gasteiger partial charge in [0.2, 0.25) is 11.3 Å². The lowest BCUT2D eigenvalue weighted by molar-refractivity contribution is 0.0804. The highest BCUT2D eigenvalue weighted by molar-refractivity contribution is 7.87. The van der Waals surface area contributed by atoms with E-state index in [4.69, 9.17) is 0 Å². The van der Waals surface area contributed by atoms with Gasteiger partial charge in [-0.1, -0.05) is 121 Å². The molecule has 0 saturated carbocycles. The average molecular weight is 691 g/mol. The van der Waals surface area contributed by atoms with E-state index in [0.29, 0.717) is 0 Å². The molecule has 0 aromatic heterocycles. The molecule has 6 rings (SSSR count). The van der Waals surface area contributed by atoms with E-state index in [1.165, 1.54) is 24.3 Å². The summed E-state index contributed by atoms with van der Waals surface area (Å²) in [5.74, 6) is -21.6. The molecule has 0 heterocycles. The van der Waals surface area contributed by atoms with E-state index < -0.39 is 100 Å². The minimum atomic E-state index is -4.48. The summed E-state index contributed by atoms with van der Waals surface area (Å²) in [5.41, 5.74) is -13.0. The summed E-state index contributed by atoms with van der Waals surface area (Å²) in [7, 11) is -4.40. The molecule has 4 aromatic carbocycles. The van der Waals surface area contributed by atoms with E-state index in [9.17, 15) is 0 Å². The van der Waals surface area contributed by atoms with Crippen molar-refractivity contribution < 1.29 is 48.1 Å². The smallest absolute Gasteiger partial charge is 0.217 e. The van der Waals surface area contributed by atoms with Crippen LogP contribution in [0.25, 0.3) is 0 Å². The van der Waals surface area contributed by atoms with Crippen LogP contribution in [-0.4, -0.2) is 4.21 Å². The molecule has 48 heavy (non-hydrogen) atoms. The molecule has 4 unspecified atom stereocenters. The van der Waals surface area contributed by atoms with Crippen LogP contribution in [-0.2, 0) is 31.6 Å². The topological polar surface area (TPSA) is 17.1 Å². The van der Waals surface area contributed by atoms with Gasteiger partial charge in [0.1, 0.15) is 0 Å². The van der Waals surface area contributed by atoms with Crippen LogP contribution < -0.4 is 0 Å². The minimum absolute atomic E-state index is 0.779. The Bertz CT molecular complexity index is 1900. The van der Waals surface area contributed by atoms with Gasteiger partial charge in [-0.25, -0.2) is 43.9 Å². The zero-order valence-corrected chi connectivity index (χ0v) is 25.0. The van der Waals surface area contributed by atoms with Crippen molar-refractivity contribution >= 4 is 10.8 Å². The van der Waals surface area contributed by atoms with E-state index in [-0.39, 0.29) is 0 Å². The van der Waals surface area contributed by atoms with Crippen LogP contribution in [0.5, 0.6) is 0 Å². The summed E-state index contributed by atoms with van der Waals surface area (Å²) in [6.45, 7) is 0. The Morgan fingerprint density at radius 2 is 0.583 bits per heavy atom. The Morgan fingerprint density at radius 1 is 0.354 bits per heavy atom. The molecule has 0 fully saturated rings. The number of benzene rings is 4. The maximum Gasteiger partial charge on any atom is 0.217 e. The van der Waals surface area contributed by atoms with Crippen LogP contribution in [0, 0.1) is 0 Å². The van der Waals surface area contributed by atoms with Gasteiger partial charge in [0.05, 0.1) is 10.8 Å². The van der Waals surface area contributed by atoms with Crippen molar-refractivity contribution in [3.63, 3.8) is 0 Å².